The van der Waals surface area contributed by atoms with Crippen LogP contribution in [0.3, 0.4) is 0 Å². The number of nitriles is 1. The maximum atomic E-state index is 11.6. The van der Waals surface area contributed by atoms with Crippen LogP contribution in [0.2, 0.25) is 0 Å². The molecular formula is C15H13N3O4. The van der Waals surface area contributed by atoms with Gasteiger partial charge in [-0.15, -0.1) is 0 Å². The van der Waals surface area contributed by atoms with Crippen LogP contribution < -0.4 is 0 Å². The highest BCUT2D eigenvalue weighted by molar-refractivity contribution is 6.06. The molecule has 2 atom stereocenters. The molecule has 0 saturated heterocycles. The van der Waals surface area contributed by atoms with Gasteiger partial charge in [0.25, 0.3) is 0 Å². The van der Waals surface area contributed by atoms with E-state index in [0.717, 1.165) is 0 Å². The van der Waals surface area contributed by atoms with Gasteiger partial charge in [-0.2, -0.15) is 5.26 Å². The third-order valence-corrected chi connectivity index (χ3v) is 3.58. The van der Waals surface area contributed by atoms with Crippen molar-refractivity contribution in [3.63, 3.8) is 0 Å². The molecule has 2 unspecified atom stereocenters. The molecule has 2 rings (SSSR count). The van der Waals surface area contributed by atoms with E-state index < -0.39 is 23.8 Å². The number of hydrogen-bond donors (Lipinski definition) is 2. The van der Waals surface area contributed by atoms with Crippen molar-refractivity contribution in [2.24, 2.45) is 10.9 Å². The number of allylic oxidation sites excluding steroid dienone is 1. The summed E-state index contributed by atoms with van der Waals surface area (Å²) < 4.78 is 0. The number of carboxylic acids is 2. The van der Waals surface area contributed by atoms with Crippen LogP contribution in [-0.4, -0.2) is 32.8 Å². The van der Waals surface area contributed by atoms with E-state index in [1.165, 1.54) is 25.3 Å². The molecule has 1 aromatic heterocycles. The van der Waals surface area contributed by atoms with Crippen LogP contribution in [0.25, 0.3) is 0 Å². The second-order valence-electron chi connectivity index (χ2n) is 4.94. The zero-order chi connectivity index (χ0) is 16.4. The van der Waals surface area contributed by atoms with E-state index in [0.29, 0.717) is 11.3 Å². The van der Waals surface area contributed by atoms with Crippen molar-refractivity contribution in [2.45, 2.75) is 19.8 Å². The van der Waals surface area contributed by atoms with Crippen LogP contribution in [0.1, 0.15) is 31.0 Å². The standard InChI is InChI=1S/C15H13N3O4/c1-7-11(14(19)20)13(12(15(21)22)8(2)18-7)9-3-4-10(5-16)17-6-9/h3-4,6,11,13H,1-2H3,(H,19,20)(H,21,22). The zero-order valence-electron chi connectivity index (χ0n) is 11.9. The largest absolute Gasteiger partial charge is 0.481 e. The quantitative estimate of drug-likeness (QED) is 0.873. The molecule has 1 aliphatic heterocycles. The van der Waals surface area contributed by atoms with Gasteiger partial charge in [0.15, 0.2) is 0 Å². The lowest BCUT2D eigenvalue weighted by molar-refractivity contribution is -0.140. The lowest BCUT2D eigenvalue weighted by Gasteiger charge is -2.29. The minimum Gasteiger partial charge on any atom is -0.481 e. The van der Waals surface area contributed by atoms with E-state index >= 15 is 0 Å². The monoisotopic (exact) mass is 299 g/mol. The van der Waals surface area contributed by atoms with Gasteiger partial charge in [0, 0.05) is 23.5 Å². The van der Waals surface area contributed by atoms with Crippen molar-refractivity contribution in [1.82, 2.24) is 4.98 Å². The molecule has 0 fully saturated rings. The summed E-state index contributed by atoms with van der Waals surface area (Å²) in [5.74, 6) is -4.34. The first-order valence-corrected chi connectivity index (χ1v) is 6.45. The highest BCUT2D eigenvalue weighted by Gasteiger charge is 2.41. The Bertz CT molecular complexity index is 741. The molecule has 2 N–H and O–H groups in total. The molecule has 1 aromatic rings. The van der Waals surface area contributed by atoms with Gasteiger partial charge >= 0.3 is 11.9 Å². The van der Waals surface area contributed by atoms with Gasteiger partial charge < -0.3 is 10.2 Å². The number of aliphatic carboxylic acids is 2. The Labute approximate surface area is 126 Å². The Morgan fingerprint density at radius 1 is 1.27 bits per heavy atom. The normalized spacial score (nSPS) is 21.0. The van der Waals surface area contributed by atoms with Crippen molar-refractivity contribution in [3.8, 4) is 6.07 Å². The maximum absolute atomic E-state index is 11.6. The summed E-state index contributed by atoms with van der Waals surface area (Å²) in [5.41, 5.74) is 1.15. The summed E-state index contributed by atoms with van der Waals surface area (Å²) in [5, 5.41) is 27.7. The van der Waals surface area contributed by atoms with E-state index in [9.17, 15) is 19.8 Å². The lowest BCUT2D eigenvalue weighted by atomic mass is 9.76. The molecule has 7 heteroatoms. The van der Waals surface area contributed by atoms with Crippen LogP contribution in [-0.2, 0) is 9.59 Å². The molecule has 0 aromatic carbocycles. The van der Waals surface area contributed by atoms with Crippen molar-refractivity contribution in [1.29, 1.82) is 5.26 Å². The van der Waals surface area contributed by atoms with Crippen molar-refractivity contribution in [2.75, 3.05) is 0 Å². The molecule has 1 aliphatic rings. The van der Waals surface area contributed by atoms with Gasteiger partial charge in [-0.05, 0) is 25.5 Å². The molecule has 0 amide bonds. The molecule has 7 nitrogen and oxygen atoms in total. The number of rotatable bonds is 3. The van der Waals surface area contributed by atoms with Gasteiger partial charge in [0.05, 0.1) is 5.57 Å². The van der Waals surface area contributed by atoms with Gasteiger partial charge in [-0.3, -0.25) is 9.79 Å². The molecule has 22 heavy (non-hydrogen) atoms. The highest BCUT2D eigenvalue weighted by Crippen LogP contribution is 2.38. The second-order valence-corrected chi connectivity index (χ2v) is 4.94. The topological polar surface area (TPSA) is 124 Å². The van der Waals surface area contributed by atoms with E-state index in [-0.39, 0.29) is 17.0 Å². The molecule has 0 bridgehead atoms. The second kappa shape index (κ2) is 5.77. The molecule has 2 heterocycles. The van der Waals surface area contributed by atoms with Crippen LogP contribution >= 0.6 is 0 Å². The van der Waals surface area contributed by atoms with Crippen LogP contribution in [0.15, 0.2) is 34.6 Å². The summed E-state index contributed by atoms with van der Waals surface area (Å²) >= 11 is 0. The Morgan fingerprint density at radius 3 is 2.41 bits per heavy atom. The molecule has 0 radical (unpaired) electrons. The maximum Gasteiger partial charge on any atom is 0.334 e. The van der Waals surface area contributed by atoms with E-state index in [1.807, 2.05) is 6.07 Å². The number of aromatic nitrogens is 1. The predicted octanol–water partition coefficient (Wildman–Crippen LogP) is 1.57. The average Bonchev–Trinajstić information content (AvgIpc) is 2.45. The third kappa shape index (κ3) is 2.59. The molecule has 0 aliphatic carbocycles. The zero-order valence-corrected chi connectivity index (χ0v) is 11.9. The van der Waals surface area contributed by atoms with Gasteiger partial charge in [0.2, 0.25) is 0 Å². The van der Waals surface area contributed by atoms with Crippen molar-refractivity contribution < 1.29 is 19.8 Å². The first kappa shape index (κ1) is 15.4. The van der Waals surface area contributed by atoms with Crippen LogP contribution in [0.5, 0.6) is 0 Å². The van der Waals surface area contributed by atoms with E-state index in [2.05, 4.69) is 9.98 Å². The summed E-state index contributed by atoms with van der Waals surface area (Å²) in [7, 11) is 0. The van der Waals surface area contributed by atoms with E-state index in [4.69, 9.17) is 5.26 Å². The fourth-order valence-electron chi connectivity index (χ4n) is 2.65. The SMILES string of the molecule is CC1=NC(C)=C(C(=O)O)C(c2ccc(C#N)nc2)C1C(=O)O. The van der Waals surface area contributed by atoms with Gasteiger partial charge in [0.1, 0.15) is 17.7 Å². The first-order chi connectivity index (χ1) is 10.4. The molecule has 112 valence electrons. The number of hydrogen-bond acceptors (Lipinski definition) is 5. The number of nitrogens with zero attached hydrogens (tertiary/aromatic N) is 3. The summed E-state index contributed by atoms with van der Waals surface area (Å²) in [4.78, 5) is 31.1. The smallest absolute Gasteiger partial charge is 0.334 e. The van der Waals surface area contributed by atoms with E-state index in [1.54, 1.807) is 6.92 Å². The van der Waals surface area contributed by atoms with Crippen molar-refractivity contribution in [3.05, 3.63) is 40.9 Å². The number of pyridine rings is 1. The van der Waals surface area contributed by atoms with Gasteiger partial charge in [-0.25, -0.2) is 9.78 Å². The van der Waals surface area contributed by atoms with Crippen LogP contribution in [0, 0.1) is 17.2 Å². The molecule has 0 saturated carbocycles. The van der Waals surface area contributed by atoms with Crippen LogP contribution in [0.4, 0.5) is 0 Å². The van der Waals surface area contributed by atoms with Crippen molar-refractivity contribution >= 4 is 17.7 Å². The fourth-order valence-corrected chi connectivity index (χ4v) is 2.65. The summed E-state index contributed by atoms with van der Waals surface area (Å²) in [6, 6.07) is 4.83. The summed E-state index contributed by atoms with van der Waals surface area (Å²) in [6.07, 6.45) is 1.34. The predicted molar refractivity (Wildman–Crippen MR) is 76.3 cm³/mol. The Balaban J connectivity index is 2.64. The minimum absolute atomic E-state index is 0.0653. The number of carbonyl (C=O) groups is 2. The highest BCUT2D eigenvalue weighted by atomic mass is 16.4. The first-order valence-electron chi connectivity index (χ1n) is 6.45. The molecular weight excluding hydrogens is 286 g/mol. The third-order valence-electron chi connectivity index (χ3n) is 3.58. The number of carboxylic acid groups (broad SMARTS) is 2. The number of aliphatic imine (C=N–C) groups is 1. The fraction of sp³-hybridized carbons (Fsp3) is 0.267. The lowest BCUT2D eigenvalue weighted by Crippen LogP contribution is -2.34. The Hall–Kier alpha value is -3.01. The average molecular weight is 299 g/mol. The molecule has 0 spiro atoms. The van der Waals surface area contributed by atoms with Gasteiger partial charge in [-0.1, -0.05) is 6.07 Å². The Kier molecular flexibility index (Phi) is 4.04. The summed E-state index contributed by atoms with van der Waals surface area (Å²) in [6.45, 7) is 3.10. The minimum atomic E-state index is -1.21. The Morgan fingerprint density at radius 2 is 1.95 bits per heavy atom.